The summed E-state index contributed by atoms with van der Waals surface area (Å²) >= 11 is 3.43. The molecule has 1 aromatic rings. The maximum absolute atomic E-state index is 13.8. The Bertz CT molecular complexity index is 419. The van der Waals surface area contributed by atoms with E-state index in [1.54, 1.807) is 0 Å². The van der Waals surface area contributed by atoms with Crippen LogP contribution >= 0.6 is 15.9 Å². The number of rotatable bonds is 4. The van der Waals surface area contributed by atoms with Crippen molar-refractivity contribution in [1.82, 2.24) is 10.2 Å². The van der Waals surface area contributed by atoms with Crippen LogP contribution in [-0.2, 0) is 0 Å². The second-order valence-corrected chi connectivity index (χ2v) is 6.05. The average molecular weight is 329 g/mol. The topological polar surface area (TPSA) is 15.3 Å². The summed E-state index contributed by atoms with van der Waals surface area (Å²) in [4.78, 5) is 2.48. The zero-order chi connectivity index (χ0) is 13.8. The molecule has 2 nitrogen and oxygen atoms in total. The summed E-state index contributed by atoms with van der Waals surface area (Å²) in [6.07, 6.45) is 1.09. The molecule has 1 aromatic carbocycles. The third-order valence-electron chi connectivity index (χ3n) is 4.03. The highest BCUT2D eigenvalue weighted by Gasteiger charge is 2.28. The van der Waals surface area contributed by atoms with Gasteiger partial charge in [0.15, 0.2) is 0 Å². The standard InChI is InChI=1S/C15H22BrFN2/c1-3-11(2)15(19-9-7-18-8-10-19)12-5-4-6-13(17)14(12)16/h4-6,11,15,18H,3,7-10H2,1-2H3/t11?,15-/m1/s1. The van der Waals surface area contributed by atoms with Gasteiger partial charge in [-0.3, -0.25) is 4.90 Å². The fourth-order valence-electron chi connectivity index (χ4n) is 2.80. The number of hydrogen-bond acceptors (Lipinski definition) is 2. The van der Waals surface area contributed by atoms with Crippen LogP contribution in [0, 0.1) is 11.7 Å². The highest BCUT2D eigenvalue weighted by Crippen LogP contribution is 2.36. The molecule has 2 atom stereocenters. The van der Waals surface area contributed by atoms with Gasteiger partial charge in [0.25, 0.3) is 0 Å². The Labute approximate surface area is 123 Å². The maximum atomic E-state index is 13.8. The molecule has 1 aliphatic rings. The number of benzene rings is 1. The van der Waals surface area contributed by atoms with Crippen molar-refractivity contribution in [1.29, 1.82) is 0 Å². The van der Waals surface area contributed by atoms with E-state index >= 15 is 0 Å². The first-order valence-corrected chi connectivity index (χ1v) is 7.83. The molecule has 106 valence electrons. The van der Waals surface area contributed by atoms with E-state index in [2.05, 4.69) is 40.0 Å². The van der Waals surface area contributed by atoms with Crippen molar-refractivity contribution in [2.24, 2.45) is 5.92 Å². The normalized spacial score (nSPS) is 20.2. The first-order chi connectivity index (χ1) is 9.15. The van der Waals surface area contributed by atoms with E-state index in [1.165, 1.54) is 6.07 Å². The van der Waals surface area contributed by atoms with Crippen LogP contribution in [0.25, 0.3) is 0 Å². The van der Waals surface area contributed by atoms with Gasteiger partial charge in [0.05, 0.1) is 4.47 Å². The van der Waals surface area contributed by atoms with Crippen LogP contribution in [0.15, 0.2) is 22.7 Å². The molecular formula is C15H22BrFN2. The SMILES string of the molecule is CCC(C)[C@H](c1cccc(F)c1Br)N1CCNCC1. The van der Waals surface area contributed by atoms with Gasteiger partial charge in [-0.25, -0.2) is 4.39 Å². The summed E-state index contributed by atoms with van der Waals surface area (Å²) in [7, 11) is 0. The number of halogens is 2. The lowest BCUT2D eigenvalue weighted by atomic mass is 9.90. The number of piperazine rings is 1. The first-order valence-electron chi connectivity index (χ1n) is 7.03. The molecule has 4 heteroatoms. The minimum Gasteiger partial charge on any atom is -0.314 e. The lowest BCUT2D eigenvalue weighted by molar-refractivity contribution is 0.128. The van der Waals surface area contributed by atoms with Crippen molar-refractivity contribution in [3.8, 4) is 0 Å². The molecule has 0 amide bonds. The smallest absolute Gasteiger partial charge is 0.137 e. The number of nitrogens with zero attached hydrogens (tertiary/aromatic N) is 1. The van der Waals surface area contributed by atoms with Gasteiger partial charge in [-0.15, -0.1) is 0 Å². The molecular weight excluding hydrogens is 307 g/mol. The van der Waals surface area contributed by atoms with Crippen LogP contribution in [0.1, 0.15) is 31.9 Å². The molecule has 1 fully saturated rings. The number of hydrogen-bond donors (Lipinski definition) is 1. The van der Waals surface area contributed by atoms with Crippen LogP contribution in [0.4, 0.5) is 4.39 Å². The molecule has 0 radical (unpaired) electrons. The molecule has 0 aromatic heterocycles. The van der Waals surface area contributed by atoms with E-state index in [9.17, 15) is 4.39 Å². The fraction of sp³-hybridized carbons (Fsp3) is 0.600. The van der Waals surface area contributed by atoms with Crippen LogP contribution < -0.4 is 5.32 Å². The van der Waals surface area contributed by atoms with Crippen molar-refractivity contribution < 1.29 is 4.39 Å². The summed E-state index contributed by atoms with van der Waals surface area (Å²) in [5.74, 6) is 0.345. The Morgan fingerprint density at radius 1 is 1.37 bits per heavy atom. The lowest BCUT2D eigenvalue weighted by Gasteiger charge is -2.39. The molecule has 1 N–H and O–H groups in total. The molecule has 2 rings (SSSR count). The Hall–Kier alpha value is -0.450. The van der Waals surface area contributed by atoms with E-state index in [0.717, 1.165) is 38.2 Å². The largest absolute Gasteiger partial charge is 0.314 e. The van der Waals surface area contributed by atoms with Crippen LogP contribution in [0.5, 0.6) is 0 Å². The van der Waals surface area contributed by atoms with E-state index in [4.69, 9.17) is 0 Å². The quantitative estimate of drug-likeness (QED) is 0.908. The minimum atomic E-state index is -0.166. The van der Waals surface area contributed by atoms with E-state index < -0.39 is 0 Å². The molecule has 1 saturated heterocycles. The van der Waals surface area contributed by atoms with E-state index in [-0.39, 0.29) is 11.9 Å². The van der Waals surface area contributed by atoms with E-state index in [1.807, 2.05) is 12.1 Å². The molecule has 1 unspecified atom stereocenters. The van der Waals surface area contributed by atoms with Gasteiger partial charge >= 0.3 is 0 Å². The second-order valence-electron chi connectivity index (χ2n) is 5.26. The van der Waals surface area contributed by atoms with Crippen molar-refractivity contribution >= 4 is 15.9 Å². The third kappa shape index (κ3) is 3.36. The first kappa shape index (κ1) is 14.9. The Morgan fingerprint density at radius 3 is 2.68 bits per heavy atom. The fourth-order valence-corrected chi connectivity index (χ4v) is 3.29. The van der Waals surface area contributed by atoms with Gasteiger partial charge in [0.2, 0.25) is 0 Å². The molecule has 0 aliphatic carbocycles. The Morgan fingerprint density at radius 2 is 2.05 bits per heavy atom. The second kappa shape index (κ2) is 6.82. The summed E-state index contributed by atoms with van der Waals surface area (Å²) < 4.78 is 14.4. The van der Waals surface area contributed by atoms with Gasteiger partial charge in [-0.05, 0) is 33.5 Å². The van der Waals surface area contributed by atoms with Crippen LogP contribution in [0.2, 0.25) is 0 Å². The van der Waals surface area contributed by atoms with Gasteiger partial charge in [0, 0.05) is 32.2 Å². The highest BCUT2D eigenvalue weighted by atomic mass is 79.9. The number of nitrogens with one attached hydrogen (secondary N) is 1. The Balaban J connectivity index is 2.33. The third-order valence-corrected chi connectivity index (χ3v) is 4.86. The maximum Gasteiger partial charge on any atom is 0.137 e. The predicted octanol–water partition coefficient (Wildman–Crippen LogP) is 3.58. The van der Waals surface area contributed by atoms with Gasteiger partial charge in [-0.2, -0.15) is 0 Å². The monoisotopic (exact) mass is 328 g/mol. The molecule has 1 heterocycles. The zero-order valence-corrected chi connectivity index (χ0v) is 13.2. The highest BCUT2D eigenvalue weighted by molar-refractivity contribution is 9.10. The molecule has 1 aliphatic heterocycles. The van der Waals surface area contributed by atoms with Crippen molar-refractivity contribution in [3.63, 3.8) is 0 Å². The summed E-state index contributed by atoms with van der Waals surface area (Å²) in [6, 6.07) is 5.66. The van der Waals surface area contributed by atoms with Gasteiger partial charge in [-0.1, -0.05) is 32.4 Å². The zero-order valence-electron chi connectivity index (χ0n) is 11.6. The summed E-state index contributed by atoms with van der Waals surface area (Å²) in [6.45, 7) is 8.53. The van der Waals surface area contributed by atoms with Crippen molar-refractivity contribution in [2.75, 3.05) is 26.2 Å². The van der Waals surface area contributed by atoms with E-state index in [0.29, 0.717) is 10.4 Å². The van der Waals surface area contributed by atoms with Crippen molar-refractivity contribution in [3.05, 3.63) is 34.1 Å². The average Bonchev–Trinajstić information content (AvgIpc) is 2.44. The predicted molar refractivity (Wildman–Crippen MR) is 80.7 cm³/mol. The summed E-state index contributed by atoms with van der Waals surface area (Å²) in [5, 5.41) is 3.38. The minimum absolute atomic E-state index is 0.166. The molecule has 19 heavy (non-hydrogen) atoms. The van der Waals surface area contributed by atoms with Crippen LogP contribution in [0.3, 0.4) is 0 Å². The molecule has 0 bridgehead atoms. The van der Waals surface area contributed by atoms with Crippen LogP contribution in [-0.4, -0.2) is 31.1 Å². The van der Waals surface area contributed by atoms with Gasteiger partial charge in [0.1, 0.15) is 5.82 Å². The van der Waals surface area contributed by atoms with Gasteiger partial charge < -0.3 is 5.32 Å². The lowest BCUT2D eigenvalue weighted by Crippen LogP contribution is -2.46. The Kier molecular flexibility index (Phi) is 5.37. The molecule has 0 saturated carbocycles. The van der Waals surface area contributed by atoms with Crippen molar-refractivity contribution in [2.45, 2.75) is 26.3 Å². The summed E-state index contributed by atoms with van der Waals surface area (Å²) in [5.41, 5.74) is 1.08. The molecule has 0 spiro atoms.